The van der Waals surface area contributed by atoms with Gasteiger partial charge in [-0.3, -0.25) is 4.79 Å². The van der Waals surface area contributed by atoms with Crippen LogP contribution in [0.15, 0.2) is 34.9 Å². The molecule has 0 bridgehead atoms. The topological polar surface area (TPSA) is 67.2 Å². The van der Waals surface area contributed by atoms with Crippen molar-refractivity contribution in [1.82, 2.24) is 15.8 Å². The van der Waals surface area contributed by atoms with Crippen molar-refractivity contribution in [3.05, 3.63) is 41.7 Å². The summed E-state index contributed by atoms with van der Waals surface area (Å²) in [6, 6.07) is 9.68. The second kappa shape index (κ2) is 7.42. The van der Waals surface area contributed by atoms with E-state index in [1.807, 2.05) is 31.2 Å². The van der Waals surface area contributed by atoms with Crippen LogP contribution in [0.25, 0.3) is 11.3 Å². The summed E-state index contributed by atoms with van der Waals surface area (Å²) in [4.78, 5) is 12.1. The van der Waals surface area contributed by atoms with Crippen molar-refractivity contribution >= 4 is 5.91 Å². The molecule has 5 heteroatoms. The highest BCUT2D eigenvalue weighted by Crippen LogP contribution is 2.19. The van der Waals surface area contributed by atoms with E-state index in [0.717, 1.165) is 25.1 Å². The summed E-state index contributed by atoms with van der Waals surface area (Å²) in [6.45, 7) is 4.87. The lowest BCUT2D eigenvalue weighted by Gasteiger charge is -2.22. The third-order valence-electron chi connectivity index (χ3n) is 4.32. The Balaban J connectivity index is 1.52. The molecule has 1 aromatic carbocycles. The number of benzene rings is 1. The number of piperidine rings is 1. The van der Waals surface area contributed by atoms with Crippen molar-refractivity contribution in [2.24, 2.45) is 5.92 Å². The maximum atomic E-state index is 12.1. The smallest absolute Gasteiger partial charge is 0.289 e. The molecule has 23 heavy (non-hydrogen) atoms. The molecule has 2 N–H and O–H groups in total. The van der Waals surface area contributed by atoms with E-state index < -0.39 is 0 Å². The molecule has 1 atom stereocenters. The Bertz CT molecular complexity index is 643. The van der Waals surface area contributed by atoms with Crippen LogP contribution in [0.5, 0.6) is 0 Å². The number of rotatable bonds is 5. The number of aromatic nitrogens is 1. The van der Waals surface area contributed by atoms with Gasteiger partial charge in [-0.1, -0.05) is 35.0 Å². The maximum absolute atomic E-state index is 12.1. The van der Waals surface area contributed by atoms with Crippen LogP contribution in [0.1, 0.15) is 35.4 Å². The molecule has 1 aliphatic heterocycles. The first-order chi connectivity index (χ1) is 11.2. The van der Waals surface area contributed by atoms with Crippen molar-refractivity contribution in [2.75, 3.05) is 19.6 Å². The Morgan fingerprint density at radius 1 is 1.39 bits per heavy atom. The van der Waals surface area contributed by atoms with Crippen LogP contribution in [0.2, 0.25) is 0 Å². The molecule has 1 amide bonds. The number of amides is 1. The average Bonchev–Trinajstić information content (AvgIpc) is 3.06. The molecule has 0 aliphatic carbocycles. The molecule has 1 unspecified atom stereocenters. The highest BCUT2D eigenvalue weighted by atomic mass is 16.5. The predicted octanol–water partition coefficient (Wildman–Crippen LogP) is 2.77. The van der Waals surface area contributed by atoms with E-state index in [9.17, 15) is 4.79 Å². The molecule has 1 aliphatic rings. The third-order valence-corrected chi connectivity index (χ3v) is 4.32. The Kier molecular flexibility index (Phi) is 5.08. The van der Waals surface area contributed by atoms with Crippen LogP contribution in [-0.4, -0.2) is 30.7 Å². The van der Waals surface area contributed by atoms with E-state index in [2.05, 4.69) is 15.8 Å². The van der Waals surface area contributed by atoms with Gasteiger partial charge in [-0.25, -0.2) is 0 Å². The summed E-state index contributed by atoms with van der Waals surface area (Å²) in [5.74, 6) is 0.726. The van der Waals surface area contributed by atoms with Gasteiger partial charge in [0.05, 0.1) is 0 Å². The highest BCUT2D eigenvalue weighted by molar-refractivity contribution is 5.92. The summed E-state index contributed by atoms with van der Waals surface area (Å²) < 4.78 is 5.18. The minimum Gasteiger partial charge on any atom is -0.350 e. The van der Waals surface area contributed by atoms with E-state index in [1.165, 1.54) is 18.4 Å². The van der Waals surface area contributed by atoms with Crippen LogP contribution in [0.3, 0.4) is 0 Å². The molecule has 0 saturated carbocycles. The summed E-state index contributed by atoms with van der Waals surface area (Å²) in [5.41, 5.74) is 2.82. The quantitative estimate of drug-likeness (QED) is 0.891. The van der Waals surface area contributed by atoms with Crippen molar-refractivity contribution in [2.45, 2.75) is 26.2 Å². The lowest BCUT2D eigenvalue weighted by Crippen LogP contribution is -2.33. The molecular formula is C18H23N3O2. The first-order valence-electron chi connectivity index (χ1n) is 8.25. The standard InChI is InChI=1S/C18H23N3O2/c1-13-4-6-15(7-5-13)16-11-17(23-21-16)18(22)20-10-8-14-3-2-9-19-12-14/h4-7,11,14,19H,2-3,8-10,12H2,1H3,(H,20,22). The number of nitrogens with one attached hydrogen (secondary N) is 2. The lowest BCUT2D eigenvalue weighted by molar-refractivity contribution is 0.0914. The van der Waals surface area contributed by atoms with Crippen molar-refractivity contribution in [1.29, 1.82) is 0 Å². The number of hydrogen-bond donors (Lipinski definition) is 2. The Morgan fingerprint density at radius 2 is 2.22 bits per heavy atom. The molecule has 122 valence electrons. The van der Waals surface area contributed by atoms with Gasteiger partial charge in [-0.05, 0) is 45.2 Å². The van der Waals surface area contributed by atoms with Crippen LogP contribution < -0.4 is 10.6 Å². The fourth-order valence-electron chi connectivity index (χ4n) is 2.89. The van der Waals surface area contributed by atoms with Gasteiger partial charge >= 0.3 is 0 Å². The number of carbonyl (C=O) groups excluding carboxylic acids is 1. The molecule has 1 saturated heterocycles. The van der Waals surface area contributed by atoms with E-state index >= 15 is 0 Å². The molecule has 0 radical (unpaired) electrons. The monoisotopic (exact) mass is 313 g/mol. The molecular weight excluding hydrogens is 290 g/mol. The van der Waals surface area contributed by atoms with Gasteiger partial charge in [0.15, 0.2) is 0 Å². The van der Waals surface area contributed by atoms with Gasteiger partial charge in [-0.2, -0.15) is 0 Å². The Labute approximate surface area is 136 Å². The number of carbonyl (C=O) groups is 1. The van der Waals surface area contributed by atoms with Gasteiger partial charge in [0, 0.05) is 18.2 Å². The fraction of sp³-hybridized carbons (Fsp3) is 0.444. The summed E-state index contributed by atoms with van der Waals surface area (Å²) in [5, 5.41) is 10.3. The van der Waals surface area contributed by atoms with E-state index in [4.69, 9.17) is 4.52 Å². The van der Waals surface area contributed by atoms with Crippen LogP contribution in [0.4, 0.5) is 0 Å². The zero-order valence-electron chi connectivity index (χ0n) is 13.5. The first kappa shape index (κ1) is 15.7. The molecule has 0 spiro atoms. The lowest BCUT2D eigenvalue weighted by atomic mass is 9.96. The summed E-state index contributed by atoms with van der Waals surface area (Å²) in [7, 11) is 0. The van der Waals surface area contributed by atoms with Crippen molar-refractivity contribution < 1.29 is 9.32 Å². The summed E-state index contributed by atoms with van der Waals surface area (Å²) in [6.07, 6.45) is 3.46. The molecule has 2 aromatic rings. The molecule has 1 fully saturated rings. The molecule has 3 rings (SSSR count). The minimum atomic E-state index is -0.195. The van der Waals surface area contributed by atoms with Crippen molar-refractivity contribution in [3.8, 4) is 11.3 Å². The Morgan fingerprint density at radius 3 is 2.96 bits per heavy atom. The Hall–Kier alpha value is -2.14. The van der Waals surface area contributed by atoms with Crippen LogP contribution in [-0.2, 0) is 0 Å². The fourth-order valence-corrected chi connectivity index (χ4v) is 2.89. The van der Waals surface area contributed by atoms with E-state index in [1.54, 1.807) is 6.07 Å². The molecule has 1 aromatic heterocycles. The van der Waals surface area contributed by atoms with Gasteiger partial charge in [-0.15, -0.1) is 0 Å². The van der Waals surface area contributed by atoms with Crippen LogP contribution >= 0.6 is 0 Å². The minimum absolute atomic E-state index is 0.195. The second-order valence-electron chi connectivity index (χ2n) is 6.20. The summed E-state index contributed by atoms with van der Waals surface area (Å²) >= 11 is 0. The predicted molar refractivity (Wildman–Crippen MR) is 89.2 cm³/mol. The first-order valence-corrected chi connectivity index (χ1v) is 8.25. The van der Waals surface area contributed by atoms with Crippen molar-refractivity contribution in [3.63, 3.8) is 0 Å². The van der Waals surface area contributed by atoms with E-state index in [0.29, 0.717) is 18.2 Å². The molecule has 2 heterocycles. The van der Waals surface area contributed by atoms with Crippen LogP contribution in [0, 0.1) is 12.8 Å². The zero-order chi connectivity index (χ0) is 16.1. The van der Waals surface area contributed by atoms with Gasteiger partial charge in [0.2, 0.25) is 5.76 Å². The second-order valence-corrected chi connectivity index (χ2v) is 6.20. The molecule has 5 nitrogen and oxygen atoms in total. The normalized spacial score (nSPS) is 17.9. The highest BCUT2D eigenvalue weighted by Gasteiger charge is 2.16. The SMILES string of the molecule is Cc1ccc(-c2cc(C(=O)NCCC3CCCNC3)on2)cc1. The largest absolute Gasteiger partial charge is 0.350 e. The van der Waals surface area contributed by atoms with Gasteiger partial charge < -0.3 is 15.2 Å². The third kappa shape index (κ3) is 4.20. The maximum Gasteiger partial charge on any atom is 0.289 e. The number of aryl methyl sites for hydroxylation is 1. The zero-order valence-corrected chi connectivity index (χ0v) is 13.5. The van der Waals surface area contributed by atoms with Gasteiger partial charge in [0.1, 0.15) is 5.69 Å². The number of nitrogens with zero attached hydrogens (tertiary/aromatic N) is 1. The average molecular weight is 313 g/mol. The van der Waals surface area contributed by atoms with E-state index in [-0.39, 0.29) is 11.7 Å². The van der Waals surface area contributed by atoms with Gasteiger partial charge in [0.25, 0.3) is 5.91 Å². The number of hydrogen-bond acceptors (Lipinski definition) is 4.